The Morgan fingerprint density at radius 2 is 1.89 bits per heavy atom. The third-order valence-corrected chi connectivity index (χ3v) is 7.21. The Kier molecular flexibility index (Phi) is 8.31. The number of aliphatic hydroxyl groups excluding tert-OH is 3. The van der Waals surface area contributed by atoms with Gasteiger partial charge < -0.3 is 30.5 Å². The monoisotopic (exact) mass is 504 g/mol. The summed E-state index contributed by atoms with van der Waals surface area (Å²) in [6.07, 6.45) is -3.68. The number of ether oxygens (including phenoxy) is 2. The number of amides is 1. The van der Waals surface area contributed by atoms with Crippen molar-refractivity contribution in [3.05, 3.63) is 64.2 Å². The lowest BCUT2D eigenvalue weighted by Crippen LogP contribution is -2.58. The molecular formula is C26H33ClN2O6. The standard InChI is InChI=1S/C26H33ClN2O6/c1-2-34-18-8-5-15(6-9-18)12-17-13-16(7-10-19(17)27)25-24(32)23(31)22(30)21(35-25)14-29-11-3-4-20(29)26(28)33/h5-10,13,20-25,30-32H,2-4,11-12,14H2,1H3,(H2,28,33)/t20-,21+,22+,23-,24+,25-/m0/s1. The van der Waals surface area contributed by atoms with Crippen molar-refractivity contribution in [2.45, 2.75) is 62.7 Å². The van der Waals surface area contributed by atoms with Crippen LogP contribution in [0.15, 0.2) is 42.5 Å². The van der Waals surface area contributed by atoms with Crippen LogP contribution in [0.3, 0.4) is 0 Å². The van der Waals surface area contributed by atoms with Gasteiger partial charge in [-0.15, -0.1) is 0 Å². The molecule has 8 nitrogen and oxygen atoms in total. The first-order valence-electron chi connectivity index (χ1n) is 12.0. The Morgan fingerprint density at radius 3 is 2.57 bits per heavy atom. The van der Waals surface area contributed by atoms with E-state index < -0.39 is 42.5 Å². The molecule has 2 aliphatic heterocycles. The summed E-state index contributed by atoms with van der Waals surface area (Å²) < 4.78 is 11.6. The SMILES string of the molecule is CCOc1ccc(Cc2cc([C@@H]3O[C@H](CN4CCC[C@H]4C(N)=O)[C@@H](O)[C@H](O)[C@H]3O)ccc2Cl)cc1. The predicted molar refractivity (Wildman–Crippen MR) is 131 cm³/mol. The van der Waals surface area contributed by atoms with Crippen molar-refractivity contribution in [3.63, 3.8) is 0 Å². The molecule has 190 valence electrons. The number of benzene rings is 2. The number of carbonyl (C=O) groups excluding carboxylic acids is 1. The zero-order valence-corrected chi connectivity index (χ0v) is 20.5. The molecule has 1 amide bonds. The molecule has 35 heavy (non-hydrogen) atoms. The molecule has 0 saturated carbocycles. The highest BCUT2D eigenvalue weighted by molar-refractivity contribution is 6.31. The van der Waals surface area contributed by atoms with E-state index in [0.717, 1.165) is 23.3 Å². The average Bonchev–Trinajstić information content (AvgIpc) is 3.31. The molecule has 2 aromatic rings. The van der Waals surface area contributed by atoms with Gasteiger partial charge in [-0.2, -0.15) is 0 Å². The molecule has 0 unspecified atom stereocenters. The normalized spacial score (nSPS) is 29.3. The van der Waals surface area contributed by atoms with E-state index in [2.05, 4.69) is 0 Å². The molecule has 0 aliphatic carbocycles. The van der Waals surface area contributed by atoms with E-state index in [0.29, 0.717) is 36.6 Å². The number of likely N-dealkylation sites (tertiary alicyclic amines) is 1. The van der Waals surface area contributed by atoms with Crippen LogP contribution in [0.2, 0.25) is 5.02 Å². The van der Waals surface area contributed by atoms with Crippen molar-refractivity contribution in [3.8, 4) is 5.75 Å². The van der Waals surface area contributed by atoms with Crippen LogP contribution in [0.4, 0.5) is 0 Å². The van der Waals surface area contributed by atoms with Gasteiger partial charge in [-0.1, -0.05) is 35.9 Å². The van der Waals surface area contributed by atoms with E-state index in [4.69, 9.17) is 26.8 Å². The number of halogens is 1. The van der Waals surface area contributed by atoms with Crippen LogP contribution in [0.5, 0.6) is 5.75 Å². The first-order valence-corrected chi connectivity index (χ1v) is 12.4. The maximum atomic E-state index is 11.8. The summed E-state index contributed by atoms with van der Waals surface area (Å²) in [6, 6.07) is 12.7. The van der Waals surface area contributed by atoms with Gasteiger partial charge in [0.15, 0.2) is 0 Å². The fraction of sp³-hybridized carbons (Fsp3) is 0.500. The second-order valence-electron chi connectivity index (χ2n) is 9.23. The van der Waals surface area contributed by atoms with Crippen molar-refractivity contribution in [2.75, 3.05) is 19.7 Å². The van der Waals surface area contributed by atoms with E-state index in [1.54, 1.807) is 12.1 Å². The summed E-state index contributed by atoms with van der Waals surface area (Å²) >= 11 is 6.47. The Labute approximate surface area is 210 Å². The van der Waals surface area contributed by atoms with Gasteiger partial charge >= 0.3 is 0 Å². The summed E-state index contributed by atoms with van der Waals surface area (Å²) in [4.78, 5) is 13.6. The van der Waals surface area contributed by atoms with Crippen LogP contribution < -0.4 is 10.5 Å². The Bertz CT molecular complexity index is 1020. The molecule has 0 radical (unpaired) electrons. The Morgan fingerprint density at radius 1 is 1.14 bits per heavy atom. The van der Waals surface area contributed by atoms with E-state index in [1.807, 2.05) is 42.2 Å². The van der Waals surface area contributed by atoms with Crippen LogP contribution in [-0.4, -0.2) is 76.3 Å². The lowest BCUT2D eigenvalue weighted by molar-refractivity contribution is -0.228. The van der Waals surface area contributed by atoms with Crippen LogP contribution in [0, 0.1) is 0 Å². The van der Waals surface area contributed by atoms with Crippen molar-refractivity contribution < 1.29 is 29.6 Å². The molecule has 0 spiro atoms. The summed E-state index contributed by atoms with van der Waals surface area (Å²) in [5.74, 6) is 0.381. The zero-order valence-electron chi connectivity index (χ0n) is 19.7. The second-order valence-corrected chi connectivity index (χ2v) is 9.63. The number of carbonyl (C=O) groups is 1. The third kappa shape index (κ3) is 5.80. The van der Waals surface area contributed by atoms with E-state index in [9.17, 15) is 20.1 Å². The van der Waals surface area contributed by atoms with Gasteiger partial charge in [0.05, 0.1) is 18.8 Å². The van der Waals surface area contributed by atoms with Crippen molar-refractivity contribution in [1.82, 2.24) is 4.90 Å². The van der Waals surface area contributed by atoms with Gasteiger partial charge in [0.2, 0.25) is 5.91 Å². The highest BCUT2D eigenvalue weighted by Crippen LogP contribution is 2.35. The van der Waals surface area contributed by atoms with Gasteiger partial charge in [-0.25, -0.2) is 0 Å². The van der Waals surface area contributed by atoms with E-state index in [-0.39, 0.29) is 6.54 Å². The molecular weight excluding hydrogens is 472 g/mol. The highest BCUT2D eigenvalue weighted by atomic mass is 35.5. The van der Waals surface area contributed by atoms with Gasteiger partial charge in [-0.05, 0) is 67.6 Å². The summed E-state index contributed by atoms with van der Waals surface area (Å²) in [5, 5.41) is 32.5. The number of nitrogens with zero attached hydrogens (tertiary/aromatic N) is 1. The highest BCUT2D eigenvalue weighted by Gasteiger charge is 2.46. The minimum atomic E-state index is -1.40. The number of hydrogen-bond donors (Lipinski definition) is 4. The van der Waals surface area contributed by atoms with Gasteiger partial charge in [0, 0.05) is 11.6 Å². The topological polar surface area (TPSA) is 125 Å². The quantitative estimate of drug-likeness (QED) is 0.432. The molecule has 0 bridgehead atoms. The van der Waals surface area contributed by atoms with Crippen molar-refractivity contribution >= 4 is 17.5 Å². The summed E-state index contributed by atoms with van der Waals surface area (Å²) in [6.45, 7) is 3.40. The molecule has 2 aromatic carbocycles. The maximum Gasteiger partial charge on any atom is 0.234 e. The first kappa shape index (κ1) is 25.9. The molecule has 4 rings (SSSR count). The lowest BCUT2D eigenvalue weighted by atomic mass is 9.89. The van der Waals surface area contributed by atoms with Crippen LogP contribution in [0.25, 0.3) is 0 Å². The molecule has 0 aromatic heterocycles. The first-order chi connectivity index (χ1) is 16.8. The molecule has 5 N–H and O–H groups in total. The third-order valence-electron chi connectivity index (χ3n) is 6.85. The Hall–Kier alpha value is -2.20. The fourth-order valence-electron chi connectivity index (χ4n) is 4.97. The zero-order chi connectivity index (χ0) is 25.1. The van der Waals surface area contributed by atoms with E-state index in [1.165, 1.54) is 0 Å². The minimum absolute atomic E-state index is 0.224. The predicted octanol–water partition coefficient (Wildman–Crippen LogP) is 1.80. The smallest absolute Gasteiger partial charge is 0.234 e. The molecule has 2 saturated heterocycles. The van der Waals surface area contributed by atoms with Gasteiger partial charge in [0.1, 0.15) is 30.2 Å². The number of hydrogen-bond acceptors (Lipinski definition) is 7. The van der Waals surface area contributed by atoms with Gasteiger partial charge in [0.25, 0.3) is 0 Å². The summed E-state index contributed by atoms with van der Waals surface area (Å²) in [5.41, 5.74) is 8.05. The number of rotatable bonds is 8. The van der Waals surface area contributed by atoms with Crippen molar-refractivity contribution in [1.29, 1.82) is 0 Å². The molecule has 2 heterocycles. The molecule has 6 atom stereocenters. The number of primary amides is 1. The van der Waals surface area contributed by atoms with Crippen molar-refractivity contribution in [2.24, 2.45) is 5.73 Å². The molecule has 9 heteroatoms. The van der Waals surface area contributed by atoms with Crippen LogP contribution in [-0.2, 0) is 16.0 Å². The fourth-order valence-corrected chi connectivity index (χ4v) is 5.16. The average molecular weight is 505 g/mol. The van der Waals surface area contributed by atoms with Crippen LogP contribution in [0.1, 0.15) is 42.6 Å². The summed E-state index contributed by atoms with van der Waals surface area (Å²) in [7, 11) is 0. The molecule has 2 fully saturated rings. The minimum Gasteiger partial charge on any atom is -0.494 e. The lowest BCUT2D eigenvalue weighted by Gasteiger charge is -2.42. The molecule has 2 aliphatic rings. The maximum absolute atomic E-state index is 11.8. The van der Waals surface area contributed by atoms with Gasteiger partial charge in [-0.3, -0.25) is 9.69 Å². The number of aliphatic hydroxyl groups is 3. The second kappa shape index (κ2) is 11.2. The largest absolute Gasteiger partial charge is 0.494 e. The Balaban J connectivity index is 1.53. The van der Waals surface area contributed by atoms with E-state index >= 15 is 0 Å². The van der Waals surface area contributed by atoms with Crippen LogP contribution >= 0.6 is 11.6 Å². The number of nitrogens with two attached hydrogens (primary N) is 1.